The lowest BCUT2D eigenvalue weighted by atomic mass is 10.0. The molecule has 0 unspecified atom stereocenters. The monoisotopic (exact) mass is 200 g/mol. The minimum Gasteiger partial charge on any atom is -0.251 e. The molecule has 0 spiro atoms. The first-order chi connectivity index (χ1) is 6.15. The van der Waals surface area contributed by atoms with Gasteiger partial charge in [-0.05, 0) is 54.0 Å². The lowest BCUT2D eigenvalue weighted by Gasteiger charge is -2.19. The first-order valence-electron chi connectivity index (χ1n) is 4.74. The Labute approximate surface area is 88.2 Å². The van der Waals surface area contributed by atoms with E-state index in [2.05, 4.69) is 39.2 Å². The van der Waals surface area contributed by atoms with Crippen LogP contribution >= 0.6 is 0 Å². The molecule has 2 heteroatoms. The van der Waals surface area contributed by atoms with Crippen molar-refractivity contribution in [2.45, 2.75) is 54.1 Å². The van der Waals surface area contributed by atoms with Gasteiger partial charge in [-0.2, -0.15) is 0 Å². The molecule has 0 aromatic rings. The molecule has 0 atom stereocenters. The van der Waals surface area contributed by atoms with Crippen molar-refractivity contribution in [1.82, 2.24) is 0 Å². The molecule has 0 heterocycles. The number of hydrogen-bond donors (Lipinski definition) is 1. The van der Waals surface area contributed by atoms with Gasteiger partial charge in [-0.3, -0.25) is 5.26 Å². The lowest BCUT2D eigenvalue weighted by molar-refractivity contribution is -0.300. The predicted molar refractivity (Wildman–Crippen MR) is 62.3 cm³/mol. The van der Waals surface area contributed by atoms with Crippen LogP contribution in [0.25, 0.3) is 0 Å². The first kappa shape index (κ1) is 15.9. The molecule has 0 bridgehead atoms. The van der Waals surface area contributed by atoms with Crippen LogP contribution in [-0.4, -0.2) is 10.9 Å². The van der Waals surface area contributed by atoms with Gasteiger partial charge >= 0.3 is 0 Å². The highest BCUT2D eigenvalue weighted by molar-refractivity contribution is 5.04. The van der Waals surface area contributed by atoms with Crippen LogP contribution in [0, 0.1) is 0 Å². The molecule has 1 N–H and O–H groups in total. The molecular formula is C12H24O2. The summed E-state index contributed by atoms with van der Waals surface area (Å²) >= 11 is 0. The van der Waals surface area contributed by atoms with Crippen LogP contribution in [-0.2, 0) is 4.89 Å². The SMILES string of the molecule is C=C(C)C(C)(C)OO.CC(C)=C(C)C. The van der Waals surface area contributed by atoms with Crippen molar-refractivity contribution in [3.8, 4) is 0 Å². The molecule has 0 saturated heterocycles. The van der Waals surface area contributed by atoms with E-state index in [1.807, 2.05) is 0 Å². The molecule has 0 aliphatic rings. The number of rotatable bonds is 2. The van der Waals surface area contributed by atoms with Gasteiger partial charge in [0.25, 0.3) is 0 Å². The summed E-state index contributed by atoms with van der Waals surface area (Å²) < 4.78 is 0. The van der Waals surface area contributed by atoms with Crippen molar-refractivity contribution in [2.75, 3.05) is 0 Å². The summed E-state index contributed by atoms with van der Waals surface area (Å²) in [5, 5.41) is 8.20. The maximum absolute atomic E-state index is 8.20. The van der Waals surface area contributed by atoms with E-state index >= 15 is 0 Å². The molecule has 0 aromatic carbocycles. The van der Waals surface area contributed by atoms with Gasteiger partial charge in [0.05, 0.1) is 0 Å². The second-order valence-corrected chi connectivity index (χ2v) is 4.38. The third kappa shape index (κ3) is 8.02. The molecule has 14 heavy (non-hydrogen) atoms. The standard InChI is InChI=1S/C6H12O2.C6H12/c1-5(2)6(3,4)8-7;1-5(2)6(3)4/h7H,1H2,2-4H3;1-4H3. The highest BCUT2D eigenvalue weighted by atomic mass is 17.1. The minimum absolute atomic E-state index is 0.597. The van der Waals surface area contributed by atoms with Crippen molar-refractivity contribution in [3.63, 3.8) is 0 Å². The zero-order valence-electron chi connectivity index (χ0n) is 10.6. The third-order valence-corrected chi connectivity index (χ3v) is 2.26. The average molecular weight is 200 g/mol. The topological polar surface area (TPSA) is 29.5 Å². The lowest BCUT2D eigenvalue weighted by Crippen LogP contribution is -2.23. The van der Waals surface area contributed by atoms with E-state index in [-0.39, 0.29) is 0 Å². The van der Waals surface area contributed by atoms with Gasteiger partial charge in [0.1, 0.15) is 5.60 Å². The molecule has 0 aliphatic heterocycles. The van der Waals surface area contributed by atoms with Crippen LogP contribution in [0.3, 0.4) is 0 Å². The Morgan fingerprint density at radius 1 is 1.00 bits per heavy atom. The molecule has 0 radical (unpaired) electrons. The van der Waals surface area contributed by atoms with Crippen molar-refractivity contribution in [3.05, 3.63) is 23.3 Å². The Bertz CT molecular complexity index is 194. The first-order valence-corrected chi connectivity index (χ1v) is 4.74. The smallest absolute Gasteiger partial charge is 0.118 e. The molecule has 0 saturated carbocycles. The molecule has 0 amide bonds. The van der Waals surface area contributed by atoms with Crippen LogP contribution in [0.4, 0.5) is 0 Å². The molecule has 0 fully saturated rings. The fraction of sp³-hybridized carbons (Fsp3) is 0.667. The fourth-order valence-corrected chi connectivity index (χ4v) is 0.0779. The fourth-order valence-electron chi connectivity index (χ4n) is 0.0779. The van der Waals surface area contributed by atoms with E-state index in [4.69, 9.17) is 5.26 Å². The van der Waals surface area contributed by atoms with Gasteiger partial charge in [-0.15, -0.1) is 0 Å². The Balaban J connectivity index is 0. The molecular weight excluding hydrogens is 176 g/mol. The van der Waals surface area contributed by atoms with Gasteiger partial charge in [0.15, 0.2) is 0 Å². The maximum atomic E-state index is 8.20. The van der Waals surface area contributed by atoms with Gasteiger partial charge in [0, 0.05) is 0 Å². The van der Waals surface area contributed by atoms with Gasteiger partial charge in [0.2, 0.25) is 0 Å². The van der Waals surface area contributed by atoms with E-state index in [0.717, 1.165) is 5.57 Å². The highest BCUT2D eigenvalue weighted by Crippen LogP contribution is 2.15. The van der Waals surface area contributed by atoms with Crippen molar-refractivity contribution >= 4 is 0 Å². The Morgan fingerprint density at radius 3 is 1.29 bits per heavy atom. The predicted octanol–water partition coefficient (Wildman–Crippen LogP) is 4.19. The van der Waals surface area contributed by atoms with E-state index in [1.165, 1.54) is 11.1 Å². The second kappa shape index (κ2) is 6.80. The normalized spacial score (nSPS) is 10.0. The summed E-state index contributed by atoms with van der Waals surface area (Å²) in [6.45, 7) is 17.4. The van der Waals surface area contributed by atoms with Crippen LogP contribution in [0.5, 0.6) is 0 Å². The summed E-state index contributed by atoms with van der Waals surface area (Å²) in [6.07, 6.45) is 0. The molecule has 0 aliphatic carbocycles. The third-order valence-electron chi connectivity index (χ3n) is 2.26. The van der Waals surface area contributed by atoms with Crippen LogP contribution in [0.15, 0.2) is 23.3 Å². The molecule has 84 valence electrons. The van der Waals surface area contributed by atoms with E-state index < -0.39 is 5.60 Å². The van der Waals surface area contributed by atoms with E-state index in [0.29, 0.717) is 0 Å². The largest absolute Gasteiger partial charge is 0.251 e. The second-order valence-electron chi connectivity index (χ2n) is 4.38. The van der Waals surface area contributed by atoms with E-state index in [1.54, 1.807) is 20.8 Å². The zero-order valence-corrected chi connectivity index (χ0v) is 10.6. The van der Waals surface area contributed by atoms with Crippen molar-refractivity contribution < 1.29 is 10.1 Å². The average Bonchev–Trinajstić information content (AvgIpc) is 2.05. The number of hydrogen-bond acceptors (Lipinski definition) is 2. The molecule has 2 nitrogen and oxygen atoms in total. The quantitative estimate of drug-likeness (QED) is 0.411. The number of allylic oxidation sites excluding steroid dienone is 2. The molecule has 0 aromatic heterocycles. The summed E-state index contributed by atoms with van der Waals surface area (Å²) in [6, 6.07) is 0. The minimum atomic E-state index is -0.597. The Kier molecular flexibility index (Phi) is 7.69. The summed E-state index contributed by atoms with van der Waals surface area (Å²) in [5.74, 6) is 0. The van der Waals surface area contributed by atoms with Crippen molar-refractivity contribution in [1.29, 1.82) is 0 Å². The van der Waals surface area contributed by atoms with Crippen LogP contribution < -0.4 is 0 Å². The highest BCUT2D eigenvalue weighted by Gasteiger charge is 2.18. The summed E-state index contributed by atoms with van der Waals surface area (Å²) in [5.41, 5.74) is 3.06. The van der Waals surface area contributed by atoms with E-state index in [9.17, 15) is 0 Å². The van der Waals surface area contributed by atoms with Crippen LogP contribution in [0.2, 0.25) is 0 Å². The maximum Gasteiger partial charge on any atom is 0.118 e. The Hall–Kier alpha value is -0.600. The summed E-state index contributed by atoms with van der Waals surface area (Å²) in [4.78, 5) is 4.10. The van der Waals surface area contributed by atoms with Gasteiger partial charge < -0.3 is 0 Å². The van der Waals surface area contributed by atoms with Crippen LogP contribution in [0.1, 0.15) is 48.5 Å². The van der Waals surface area contributed by atoms with Gasteiger partial charge in [-0.1, -0.05) is 17.7 Å². The van der Waals surface area contributed by atoms with Gasteiger partial charge in [-0.25, -0.2) is 4.89 Å². The zero-order chi connectivity index (χ0) is 11.9. The summed E-state index contributed by atoms with van der Waals surface area (Å²) in [7, 11) is 0. The Morgan fingerprint density at radius 2 is 1.29 bits per heavy atom. The van der Waals surface area contributed by atoms with Crippen molar-refractivity contribution in [2.24, 2.45) is 0 Å². The molecule has 0 rings (SSSR count).